The van der Waals surface area contributed by atoms with Crippen molar-refractivity contribution in [3.05, 3.63) is 36.3 Å². The summed E-state index contributed by atoms with van der Waals surface area (Å²) in [5.74, 6) is 1.19. The number of nitrogens with one attached hydrogen (secondary N) is 1. The smallest absolute Gasteiger partial charge is 0.241 e. The Bertz CT molecular complexity index is 1120. The second-order valence-electron chi connectivity index (χ2n) is 9.66. The van der Waals surface area contributed by atoms with Crippen LogP contribution in [0.25, 0.3) is 16.8 Å². The number of rotatable bonds is 5. The second kappa shape index (κ2) is 7.18. The Morgan fingerprint density at radius 1 is 1.20 bits per heavy atom. The van der Waals surface area contributed by atoms with Gasteiger partial charge in [-0.3, -0.25) is 9.98 Å². The summed E-state index contributed by atoms with van der Waals surface area (Å²) in [7, 11) is 0. The lowest BCUT2D eigenvalue weighted by Crippen LogP contribution is -2.41. The monoisotopic (exact) mass is 402 g/mol. The molecule has 5 rings (SSSR count). The number of pyridine rings is 1. The highest BCUT2D eigenvalue weighted by Crippen LogP contribution is 2.41. The van der Waals surface area contributed by atoms with Crippen LogP contribution in [0.4, 0.5) is 11.6 Å². The van der Waals surface area contributed by atoms with Crippen molar-refractivity contribution in [3.8, 4) is 11.3 Å². The highest BCUT2D eigenvalue weighted by molar-refractivity contribution is 5.89. The molecule has 1 saturated carbocycles. The van der Waals surface area contributed by atoms with Crippen molar-refractivity contribution < 1.29 is 0 Å². The van der Waals surface area contributed by atoms with Crippen molar-refractivity contribution >= 4 is 22.9 Å². The van der Waals surface area contributed by atoms with Crippen LogP contribution >= 0.6 is 0 Å². The van der Waals surface area contributed by atoms with E-state index in [2.05, 4.69) is 61.3 Å². The highest BCUT2D eigenvalue weighted by Gasteiger charge is 2.36. The fourth-order valence-electron chi connectivity index (χ4n) is 4.96. The van der Waals surface area contributed by atoms with Gasteiger partial charge in [0.15, 0.2) is 0 Å². The first kappa shape index (κ1) is 19.2. The number of nitrogens with zero attached hydrogens (tertiary/aromatic N) is 5. The lowest BCUT2D eigenvalue weighted by atomic mass is 9.68. The Morgan fingerprint density at radius 2 is 2.03 bits per heavy atom. The fraction of sp³-hybridized carbons (Fsp3) is 0.500. The summed E-state index contributed by atoms with van der Waals surface area (Å²) < 4.78 is 1.90. The minimum Gasteiger partial charge on any atom is -0.350 e. The van der Waals surface area contributed by atoms with Gasteiger partial charge in [-0.1, -0.05) is 27.2 Å². The molecule has 3 aromatic rings. The van der Waals surface area contributed by atoms with E-state index in [9.17, 15) is 0 Å². The van der Waals surface area contributed by atoms with Gasteiger partial charge in [0.25, 0.3) is 0 Å². The standard InChI is InChI=1S/C24H30N6/c1-5-6-16-11-21-20(26-15(16)2)8-7-19(28-21)18-9-10-30-22(18)14-25-23(29-30)27-17-12-24(3,4)13-17/h7-10,14,16-17H,5-6,11-13H2,1-4H3,(H,27,29)/t16-/m0/s1. The van der Waals surface area contributed by atoms with Crippen LogP contribution in [0.3, 0.4) is 0 Å². The molecule has 0 spiro atoms. The molecule has 0 saturated heterocycles. The van der Waals surface area contributed by atoms with Gasteiger partial charge >= 0.3 is 0 Å². The topological polar surface area (TPSA) is 67.5 Å². The summed E-state index contributed by atoms with van der Waals surface area (Å²) in [6.07, 6.45) is 9.51. The third-order valence-electron chi connectivity index (χ3n) is 6.54. The Balaban J connectivity index is 1.41. The molecule has 1 atom stereocenters. The van der Waals surface area contributed by atoms with E-state index in [-0.39, 0.29) is 0 Å². The van der Waals surface area contributed by atoms with E-state index in [1.807, 2.05) is 16.9 Å². The molecule has 6 heteroatoms. The van der Waals surface area contributed by atoms with E-state index in [4.69, 9.17) is 9.98 Å². The van der Waals surface area contributed by atoms with E-state index in [1.165, 1.54) is 12.1 Å². The van der Waals surface area contributed by atoms with E-state index in [0.717, 1.165) is 53.8 Å². The van der Waals surface area contributed by atoms with E-state index in [0.29, 0.717) is 23.3 Å². The third-order valence-corrected chi connectivity index (χ3v) is 6.54. The molecule has 1 fully saturated rings. The van der Waals surface area contributed by atoms with Crippen LogP contribution in [-0.4, -0.2) is 31.3 Å². The molecule has 0 amide bonds. The normalized spacial score (nSPS) is 20.5. The number of fused-ring (bicyclic) bond motifs is 2. The van der Waals surface area contributed by atoms with Gasteiger partial charge in [0.1, 0.15) is 0 Å². The molecular weight excluding hydrogens is 372 g/mol. The zero-order valence-corrected chi connectivity index (χ0v) is 18.3. The zero-order valence-electron chi connectivity index (χ0n) is 18.3. The predicted octanol–water partition coefficient (Wildman–Crippen LogP) is 5.46. The first-order chi connectivity index (χ1) is 14.4. The molecule has 30 heavy (non-hydrogen) atoms. The lowest BCUT2D eigenvalue weighted by Gasteiger charge is -2.42. The average molecular weight is 403 g/mol. The Kier molecular flexibility index (Phi) is 4.60. The lowest BCUT2D eigenvalue weighted by molar-refractivity contribution is 0.167. The molecule has 6 nitrogen and oxygen atoms in total. The van der Waals surface area contributed by atoms with Crippen LogP contribution in [0.15, 0.2) is 35.6 Å². The summed E-state index contributed by atoms with van der Waals surface area (Å²) >= 11 is 0. The van der Waals surface area contributed by atoms with Crippen LogP contribution < -0.4 is 5.32 Å². The van der Waals surface area contributed by atoms with Crippen LogP contribution in [0.2, 0.25) is 0 Å². The first-order valence-corrected chi connectivity index (χ1v) is 11.1. The van der Waals surface area contributed by atoms with Gasteiger partial charge in [-0.15, -0.1) is 5.10 Å². The summed E-state index contributed by atoms with van der Waals surface area (Å²) in [6.45, 7) is 8.98. The fourth-order valence-corrected chi connectivity index (χ4v) is 4.96. The molecule has 4 heterocycles. The summed E-state index contributed by atoms with van der Waals surface area (Å²) in [6, 6.07) is 6.71. The maximum atomic E-state index is 4.99. The molecule has 0 radical (unpaired) electrons. The molecule has 0 aromatic carbocycles. The van der Waals surface area contributed by atoms with Gasteiger partial charge in [-0.2, -0.15) is 0 Å². The maximum absolute atomic E-state index is 4.99. The van der Waals surface area contributed by atoms with Crippen molar-refractivity contribution in [2.75, 3.05) is 5.32 Å². The minimum atomic E-state index is 0.430. The molecule has 1 N–H and O–H groups in total. The van der Waals surface area contributed by atoms with Gasteiger partial charge in [0, 0.05) is 29.4 Å². The number of hydrogen-bond acceptors (Lipinski definition) is 5. The summed E-state index contributed by atoms with van der Waals surface area (Å²) in [5.41, 5.74) is 6.78. The SMILES string of the molecule is CCC[C@H]1Cc2nc(-c3ccn4nc(NC5CC(C)(C)C5)ncc34)ccc2N=C1C. The van der Waals surface area contributed by atoms with Crippen molar-refractivity contribution in [1.29, 1.82) is 0 Å². The molecule has 2 aliphatic rings. The number of anilines is 1. The van der Waals surface area contributed by atoms with Crippen LogP contribution in [0, 0.1) is 11.3 Å². The van der Waals surface area contributed by atoms with E-state index >= 15 is 0 Å². The average Bonchev–Trinajstić information content (AvgIpc) is 3.10. The van der Waals surface area contributed by atoms with Gasteiger partial charge in [-0.05, 0) is 56.2 Å². The van der Waals surface area contributed by atoms with Crippen molar-refractivity contribution in [2.24, 2.45) is 16.3 Å². The van der Waals surface area contributed by atoms with Crippen LogP contribution in [0.5, 0.6) is 0 Å². The molecule has 3 aromatic heterocycles. The molecule has 0 unspecified atom stereocenters. The van der Waals surface area contributed by atoms with Crippen LogP contribution in [0.1, 0.15) is 59.1 Å². The molecule has 0 bridgehead atoms. The maximum Gasteiger partial charge on any atom is 0.241 e. The Labute approximate surface area is 177 Å². The first-order valence-electron chi connectivity index (χ1n) is 11.1. The number of aromatic nitrogens is 4. The van der Waals surface area contributed by atoms with Gasteiger partial charge in [-0.25, -0.2) is 9.50 Å². The summed E-state index contributed by atoms with van der Waals surface area (Å²) in [4.78, 5) is 14.4. The Morgan fingerprint density at radius 3 is 2.80 bits per heavy atom. The predicted molar refractivity (Wildman–Crippen MR) is 122 cm³/mol. The molecule has 156 valence electrons. The van der Waals surface area contributed by atoms with E-state index < -0.39 is 0 Å². The third kappa shape index (κ3) is 3.48. The van der Waals surface area contributed by atoms with Crippen molar-refractivity contribution in [2.45, 2.75) is 65.8 Å². The second-order valence-corrected chi connectivity index (χ2v) is 9.66. The number of aliphatic imine (C=N–C) groups is 1. The van der Waals surface area contributed by atoms with E-state index in [1.54, 1.807) is 0 Å². The molecule has 1 aliphatic carbocycles. The molecule has 1 aliphatic heterocycles. The van der Waals surface area contributed by atoms with Crippen LogP contribution in [-0.2, 0) is 6.42 Å². The number of hydrogen-bond donors (Lipinski definition) is 1. The summed E-state index contributed by atoms with van der Waals surface area (Å²) in [5, 5.41) is 8.13. The van der Waals surface area contributed by atoms with Crippen molar-refractivity contribution in [1.82, 2.24) is 19.6 Å². The quantitative estimate of drug-likeness (QED) is 0.616. The van der Waals surface area contributed by atoms with Crippen molar-refractivity contribution in [3.63, 3.8) is 0 Å². The Hall–Kier alpha value is -2.76. The molecular formula is C24H30N6. The zero-order chi connectivity index (χ0) is 20.9. The van der Waals surface area contributed by atoms with Gasteiger partial charge < -0.3 is 5.32 Å². The van der Waals surface area contributed by atoms with Gasteiger partial charge in [0.05, 0.1) is 28.8 Å². The van der Waals surface area contributed by atoms with Gasteiger partial charge in [0.2, 0.25) is 5.95 Å². The highest BCUT2D eigenvalue weighted by atomic mass is 15.3. The largest absolute Gasteiger partial charge is 0.350 e. The minimum absolute atomic E-state index is 0.430.